The summed E-state index contributed by atoms with van der Waals surface area (Å²) >= 11 is 0. The van der Waals surface area contributed by atoms with Gasteiger partial charge in [-0.1, -0.05) is 42.5 Å². The molecule has 0 bridgehead atoms. The van der Waals surface area contributed by atoms with Gasteiger partial charge in [0, 0.05) is 18.7 Å². The Labute approximate surface area is 158 Å². The fourth-order valence-electron chi connectivity index (χ4n) is 3.35. The zero-order valence-corrected chi connectivity index (χ0v) is 15.2. The molecule has 3 aromatic rings. The molecular formula is C21H23N5O. The summed E-state index contributed by atoms with van der Waals surface area (Å²) in [6, 6.07) is 18.0. The van der Waals surface area contributed by atoms with Gasteiger partial charge in [-0.15, -0.1) is 10.2 Å². The number of nitrogens with one attached hydrogen (secondary N) is 2. The number of rotatable bonds is 6. The van der Waals surface area contributed by atoms with Crippen LogP contribution in [0.1, 0.15) is 29.7 Å². The van der Waals surface area contributed by atoms with Crippen molar-refractivity contribution in [2.75, 3.05) is 18.4 Å². The van der Waals surface area contributed by atoms with E-state index in [1.54, 1.807) is 0 Å². The highest BCUT2D eigenvalue weighted by atomic mass is 16.1. The standard InChI is InChI=1S/C21H23N5O/c27-20-19(14-16-6-2-1-3-7-16)24-25-21(23-20)22-18-10-8-17(9-11-18)15-26-12-4-5-13-26/h1-3,6-11H,4-5,12-15H2,(H2,22,23,25,27). The van der Waals surface area contributed by atoms with Crippen molar-refractivity contribution in [3.05, 3.63) is 81.8 Å². The first-order chi connectivity index (χ1) is 13.3. The zero-order valence-electron chi connectivity index (χ0n) is 15.2. The maximum atomic E-state index is 12.3. The number of aromatic amines is 1. The maximum absolute atomic E-state index is 12.3. The molecule has 138 valence electrons. The van der Waals surface area contributed by atoms with Crippen LogP contribution in [0.25, 0.3) is 0 Å². The first-order valence-electron chi connectivity index (χ1n) is 9.34. The van der Waals surface area contributed by atoms with Crippen LogP contribution < -0.4 is 10.9 Å². The highest BCUT2D eigenvalue weighted by Gasteiger charge is 2.11. The fraction of sp³-hybridized carbons (Fsp3) is 0.286. The summed E-state index contributed by atoms with van der Waals surface area (Å²) in [5, 5.41) is 11.3. The van der Waals surface area contributed by atoms with Crippen molar-refractivity contribution in [1.29, 1.82) is 0 Å². The van der Waals surface area contributed by atoms with Crippen molar-refractivity contribution in [3.63, 3.8) is 0 Å². The predicted molar refractivity (Wildman–Crippen MR) is 106 cm³/mol. The van der Waals surface area contributed by atoms with E-state index in [1.165, 1.54) is 31.5 Å². The Morgan fingerprint density at radius 3 is 2.37 bits per heavy atom. The summed E-state index contributed by atoms with van der Waals surface area (Å²) in [5.41, 5.74) is 3.39. The van der Waals surface area contributed by atoms with Crippen LogP contribution in [-0.2, 0) is 13.0 Å². The molecule has 1 aromatic heterocycles. The fourth-order valence-corrected chi connectivity index (χ4v) is 3.35. The average Bonchev–Trinajstić information content (AvgIpc) is 3.19. The lowest BCUT2D eigenvalue weighted by Crippen LogP contribution is -2.19. The summed E-state index contributed by atoms with van der Waals surface area (Å²) in [6.45, 7) is 3.36. The van der Waals surface area contributed by atoms with Crippen LogP contribution >= 0.6 is 0 Å². The molecule has 0 unspecified atom stereocenters. The van der Waals surface area contributed by atoms with Gasteiger partial charge in [-0.05, 0) is 49.2 Å². The van der Waals surface area contributed by atoms with Gasteiger partial charge in [0.05, 0.1) is 0 Å². The third kappa shape index (κ3) is 4.60. The molecule has 1 aliphatic heterocycles. The van der Waals surface area contributed by atoms with E-state index in [4.69, 9.17) is 0 Å². The Bertz CT molecular complexity index is 931. The molecule has 2 N–H and O–H groups in total. The van der Waals surface area contributed by atoms with Gasteiger partial charge in [-0.3, -0.25) is 14.7 Å². The van der Waals surface area contributed by atoms with Crippen LogP contribution in [-0.4, -0.2) is 33.2 Å². The van der Waals surface area contributed by atoms with Gasteiger partial charge >= 0.3 is 0 Å². The van der Waals surface area contributed by atoms with E-state index in [9.17, 15) is 4.79 Å². The minimum atomic E-state index is -0.220. The molecule has 0 atom stereocenters. The number of hydrogen-bond donors (Lipinski definition) is 2. The van der Waals surface area contributed by atoms with Crippen molar-refractivity contribution in [2.45, 2.75) is 25.8 Å². The second-order valence-electron chi connectivity index (χ2n) is 6.92. The van der Waals surface area contributed by atoms with E-state index in [2.05, 4.69) is 37.5 Å². The molecule has 1 aliphatic rings. The van der Waals surface area contributed by atoms with E-state index >= 15 is 0 Å². The second kappa shape index (κ2) is 8.14. The van der Waals surface area contributed by atoms with Gasteiger partial charge in [-0.2, -0.15) is 0 Å². The monoisotopic (exact) mass is 361 g/mol. The summed E-state index contributed by atoms with van der Waals surface area (Å²) in [5.74, 6) is 0.351. The van der Waals surface area contributed by atoms with Crippen LogP contribution in [0.5, 0.6) is 0 Å². The minimum absolute atomic E-state index is 0.220. The first kappa shape index (κ1) is 17.4. The van der Waals surface area contributed by atoms with Crippen LogP contribution in [0.15, 0.2) is 59.4 Å². The number of hydrogen-bond acceptors (Lipinski definition) is 5. The minimum Gasteiger partial charge on any atom is -0.324 e. The van der Waals surface area contributed by atoms with Crippen molar-refractivity contribution >= 4 is 11.6 Å². The van der Waals surface area contributed by atoms with Gasteiger partial charge in [-0.25, -0.2) is 0 Å². The smallest absolute Gasteiger partial charge is 0.274 e. The van der Waals surface area contributed by atoms with Crippen molar-refractivity contribution < 1.29 is 0 Å². The lowest BCUT2D eigenvalue weighted by atomic mass is 10.1. The van der Waals surface area contributed by atoms with Gasteiger partial charge in [0.25, 0.3) is 5.56 Å². The summed E-state index contributed by atoms with van der Waals surface area (Å²) < 4.78 is 0. The molecule has 0 saturated carbocycles. The Balaban J connectivity index is 1.40. The Morgan fingerprint density at radius 2 is 1.67 bits per heavy atom. The first-order valence-corrected chi connectivity index (χ1v) is 9.34. The quantitative estimate of drug-likeness (QED) is 0.706. The zero-order chi connectivity index (χ0) is 18.5. The number of anilines is 2. The van der Waals surface area contributed by atoms with Gasteiger partial charge in [0.2, 0.25) is 5.95 Å². The molecule has 2 heterocycles. The van der Waals surface area contributed by atoms with Crippen molar-refractivity contribution in [2.24, 2.45) is 0 Å². The van der Waals surface area contributed by atoms with E-state index in [0.29, 0.717) is 18.1 Å². The molecule has 0 spiro atoms. The Kier molecular flexibility index (Phi) is 5.25. The molecular weight excluding hydrogens is 338 g/mol. The van der Waals surface area contributed by atoms with Crippen LogP contribution in [0.4, 0.5) is 11.6 Å². The third-order valence-corrected chi connectivity index (χ3v) is 4.80. The lowest BCUT2D eigenvalue weighted by Gasteiger charge is -2.14. The molecule has 27 heavy (non-hydrogen) atoms. The normalized spacial score (nSPS) is 14.4. The molecule has 0 amide bonds. The second-order valence-corrected chi connectivity index (χ2v) is 6.92. The van der Waals surface area contributed by atoms with E-state index < -0.39 is 0 Å². The highest BCUT2D eigenvalue weighted by molar-refractivity contribution is 5.53. The van der Waals surface area contributed by atoms with Crippen molar-refractivity contribution in [1.82, 2.24) is 20.1 Å². The predicted octanol–water partition coefficient (Wildman–Crippen LogP) is 3.10. The number of H-pyrrole nitrogens is 1. The highest BCUT2D eigenvalue weighted by Crippen LogP contribution is 2.16. The molecule has 0 radical (unpaired) electrons. The molecule has 1 saturated heterocycles. The average molecular weight is 361 g/mol. The molecule has 1 fully saturated rings. The van der Waals surface area contributed by atoms with E-state index in [0.717, 1.165) is 17.8 Å². The van der Waals surface area contributed by atoms with Gasteiger partial charge < -0.3 is 5.32 Å². The summed E-state index contributed by atoms with van der Waals surface area (Å²) in [4.78, 5) is 17.5. The lowest BCUT2D eigenvalue weighted by molar-refractivity contribution is 0.331. The van der Waals surface area contributed by atoms with E-state index in [1.807, 2.05) is 42.5 Å². The van der Waals surface area contributed by atoms with Crippen LogP contribution in [0, 0.1) is 0 Å². The topological polar surface area (TPSA) is 73.9 Å². The number of aromatic nitrogens is 3. The number of nitrogens with zero attached hydrogens (tertiary/aromatic N) is 3. The molecule has 4 rings (SSSR count). The Hall–Kier alpha value is -2.99. The molecule has 6 nitrogen and oxygen atoms in total. The summed E-state index contributed by atoms with van der Waals surface area (Å²) in [6.07, 6.45) is 3.06. The van der Waals surface area contributed by atoms with Gasteiger partial charge in [0.15, 0.2) is 0 Å². The largest absolute Gasteiger partial charge is 0.324 e. The number of likely N-dealkylation sites (tertiary alicyclic amines) is 1. The molecule has 0 aliphatic carbocycles. The van der Waals surface area contributed by atoms with E-state index in [-0.39, 0.29) is 5.56 Å². The maximum Gasteiger partial charge on any atom is 0.274 e. The Morgan fingerprint density at radius 1 is 0.926 bits per heavy atom. The summed E-state index contributed by atoms with van der Waals surface area (Å²) in [7, 11) is 0. The number of benzene rings is 2. The van der Waals surface area contributed by atoms with Crippen LogP contribution in [0.3, 0.4) is 0 Å². The molecule has 6 heteroatoms. The third-order valence-electron chi connectivity index (χ3n) is 4.80. The van der Waals surface area contributed by atoms with Gasteiger partial charge in [0.1, 0.15) is 5.69 Å². The molecule has 2 aromatic carbocycles. The van der Waals surface area contributed by atoms with Crippen molar-refractivity contribution in [3.8, 4) is 0 Å². The van der Waals surface area contributed by atoms with Crippen LogP contribution in [0.2, 0.25) is 0 Å². The SMILES string of the molecule is O=c1[nH]c(Nc2ccc(CN3CCCC3)cc2)nnc1Cc1ccccc1.